The van der Waals surface area contributed by atoms with Crippen LogP contribution in [0.2, 0.25) is 0 Å². The number of amides is 1. The SMILES string of the molecule is Cc1cccc2c(N3CCC[C@H]3c3nc(C(N)=O)no3)ncnc12. The standard InChI is InChI=1S/C16H16N6O2/c1-9-4-2-5-10-12(9)18-8-19-15(10)22-7-3-6-11(22)16-20-14(13(17)23)21-24-16/h2,4-5,8,11H,3,6-7H2,1H3,(H2,17,23)/t11-/m0/s1. The van der Waals surface area contributed by atoms with Crippen LogP contribution in [0.15, 0.2) is 29.0 Å². The lowest BCUT2D eigenvalue weighted by atomic mass is 10.1. The minimum atomic E-state index is -0.697. The molecule has 1 aromatic carbocycles. The van der Waals surface area contributed by atoms with Crippen LogP contribution in [0.4, 0.5) is 5.82 Å². The zero-order valence-corrected chi connectivity index (χ0v) is 13.1. The summed E-state index contributed by atoms with van der Waals surface area (Å²) in [7, 11) is 0. The molecule has 0 unspecified atom stereocenters. The third-order valence-corrected chi connectivity index (χ3v) is 4.32. The van der Waals surface area contributed by atoms with Crippen molar-refractivity contribution in [3.8, 4) is 0 Å². The van der Waals surface area contributed by atoms with Gasteiger partial charge >= 0.3 is 0 Å². The molecular weight excluding hydrogens is 308 g/mol. The smallest absolute Gasteiger partial charge is 0.290 e. The van der Waals surface area contributed by atoms with E-state index in [1.807, 2.05) is 25.1 Å². The van der Waals surface area contributed by atoms with Crippen molar-refractivity contribution in [3.63, 3.8) is 0 Å². The number of carbonyl (C=O) groups is 1. The number of aryl methyl sites for hydroxylation is 1. The molecule has 8 nitrogen and oxygen atoms in total. The molecule has 0 radical (unpaired) electrons. The van der Waals surface area contributed by atoms with Crippen molar-refractivity contribution in [1.29, 1.82) is 0 Å². The summed E-state index contributed by atoms with van der Waals surface area (Å²) in [6.45, 7) is 2.84. The molecule has 1 fully saturated rings. The Bertz CT molecular complexity index is 922. The van der Waals surface area contributed by atoms with E-state index in [1.54, 1.807) is 6.33 Å². The first-order chi connectivity index (χ1) is 11.6. The van der Waals surface area contributed by atoms with E-state index in [1.165, 1.54) is 0 Å². The van der Waals surface area contributed by atoms with Gasteiger partial charge in [0.2, 0.25) is 5.89 Å². The Balaban J connectivity index is 1.78. The summed E-state index contributed by atoms with van der Waals surface area (Å²) in [5, 5.41) is 4.63. The number of nitrogens with zero attached hydrogens (tertiary/aromatic N) is 5. The Labute approximate surface area is 137 Å². The van der Waals surface area contributed by atoms with Gasteiger partial charge in [0.1, 0.15) is 18.2 Å². The van der Waals surface area contributed by atoms with Gasteiger partial charge in [-0.25, -0.2) is 9.97 Å². The van der Waals surface area contributed by atoms with E-state index in [9.17, 15) is 4.79 Å². The quantitative estimate of drug-likeness (QED) is 0.781. The summed E-state index contributed by atoms with van der Waals surface area (Å²) in [5.74, 6) is 0.434. The predicted molar refractivity (Wildman–Crippen MR) is 86.4 cm³/mol. The van der Waals surface area contributed by atoms with Crippen LogP contribution in [0, 0.1) is 6.92 Å². The number of fused-ring (bicyclic) bond motifs is 1. The molecule has 122 valence electrons. The van der Waals surface area contributed by atoms with Gasteiger partial charge in [-0.1, -0.05) is 17.3 Å². The molecule has 3 aromatic rings. The first kappa shape index (κ1) is 14.6. The summed E-state index contributed by atoms with van der Waals surface area (Å²) in [6, 6.07) is 5.91. The maximum atomic E-state index is 11.2. The van der Waals surface area contributed by atoms with Gasteiger partial charge in [0.25, 0.3) is 11.7 Å². The molecule has 1 aliphatic rings. The minimum absolute atomic E-state index is 0.0970. The predicted octanol–water partition coefficient (Wildman–Crippen LogP) is 1.76. The van der Waals surface area contributed by atoms with Gasteiger partial charge in [-0.05, 0) is 31.4 Å². The van der Waals surface area contributed by atoms with Crippen molar-refractivity contribution >= 4 is 22.6 Å². The number of rotatable bonds is 3. The van der Waals surface area contributed by atoms with Gasteiger partial charge in [0.15, 0.2) is 0 Å². The van der Waals surface area contributed by atoms with Gasteiger partial charge in [0.05, 0.1) is 5.52 Å². The summed E-state index contributed by atoms with van der Waals surface area (Å²) in [4.78, 5) is 26.3. The Kier molecular flexibility index (Phi) is 3.37. The molecule has 0 spiro atoms. The van der Waals surface area contributed by atoms with Crippen molar-refractivity contribution in [3.05, 3.63) is 41.8 Å². The molecule has 4 rings (SSSR count). The Morgan fingerprint density at radius 1 is 1.38 bits per heavy atom. The van der Waals surface area contributed by atoms with Gasteiger partial charge < -0.3 is 15.2 Å². The Morgan fingerprint density at radius 3 is 3.04 bits per heavy atom. The van der Waals surface area contributed by atoms with Crippen molar-refractivity contribution < 1.29 is 9.32 Å². The van der Waals surface area contributed by atoms with E-state index in [-0.39, 0.29) is 11.9 Å². The van der Waals surface area contributed by atoms with Crippen LogP contribution < -0.4 is 10.6 Å². The molecule has 0 saturated carbocycles. The second-order valence-corrected chi connectivity index (χ2v) is 5.84. The monoisotopic (exact) mass is 324 g/mol. The second-order valence-electron chi connectivity index (χ2n) is 5.84. The molecule has 1 atom stereocenters. The van der Waals surface area contributed by atoms with E-state index < -0.39 is 5.91 Å². The highest BCUT2D eigenvalue weighted by Crippen LogP contribution is 2.37. The lowest BCUT2D eigenvalue weighted by Crippen LogP contribution is -2.24. The zero-order valence-electron chi connectivity index (χ0n) is 13.1. The molecule has 0 aliphatic carbocycles. The highest BCUT2D eigenvalue weighted by atomic mass is 16.5. The average Bonchev–Trinajstić information content (AvgIpc) is 3.24. The Hall–Kier alpha value is -3.03. The maximum Gasteiger partial charge on any atom is 0.290 e. The number of hydrogen-bond acceptors (Lipinski definition) is 7. The molecule has 2 N–H and O–H groups in total. The molecule has 2 aromatic heterocycles. The van der Waals surface area contributed by atoms with E-state index in [2.05, 4.69) is 25.0 Å². The fourth-order valence-electron chi connectivity index (χ4n) is 3.20. The first-order valence-corrected chi connectivity index (χ1v) is 7.75. The lowest BCUT2D eigenvalue weighted by Gasteiger charge is -2.24. The molecule has 1 amide bonds. The van der Waals surface area contributed by atoms with Crippen LogP contribution in [0.25, 0.3) is 10.9 Å². The van der Waals surface area contributed by atoms with Crippen molar-refractivity contribution in [2.24, 2.45) is 5.73 Å². The maximum absolute atomic E-state index is 11.2. The highest BCUT2D eigenvalue weighted by molar-refractivity contribution is 5.91. The van der Waals surface area contributed by atoms with Crippen LogP contribution in [-0.4, -0.2) is 32.6 Å². The Morgan fingerprint density at radius 2 is 2.25 bits per heavy atom. The average molecular weight is 324 g/mol. The van der Waals surface area contributed by atoms with Crippen LogP contribution >= 0.6 is 0 Å². The number of carbonyl (C=O) groups excluding carboxylic acids is 1. The van der Waals surface area contributed by atoms with Crippen molar-refractivity contribution in [2.75, 3.05) is 11.4 Å². The largest absolute Gasteiger partial charge is 0.363 e. The summed E-state index contributed by atoms with van der Waals surface area (Å²) < 4.78 is 5.25. The highest BCUT2D eigenvalue weighted by Gasteiger charge is 2.33. The van der Waals surface area contributed by atoms with Gasteiger partial charge in [-0.3, -0.25) is 4.79 Å². The summed E-state index contributed by atoms with van der Waals surface area (Å²) in [5.41, 5.74) is 7.23. The first-order valence-electron chi connectivity index (χ1n) is 7.75. The zero-order chi connectivity index (χ0) is 16.7. The number of nitrogens with two attached hydrogens (primary N) is 1. The third-order valence-electron chi connectivity index (χ3n) is 4.32. The van der Waals surface area contributed by atoms with Crippen LogP contribution in [0.1, 0.15) is 41.0 Å². The fourth-order valence-corrected chi connectivity index (χ4v) is 3.20. The van der Waals surface area contributed by atoms with Crippen LogP contribution in [0.3, 0.4) is 0 Å². The van der Waals surface area contributed by atoms with E-state index in [4.69, 9.17) is 10.3 Å². The molecule has 0 bridgehead atoms. The number of anilines is 1. The van der Waals surface area contributed by atoms with E-state index in [0.29, 0.717) is 5.89 Å². The summed E-state index contributed by atoms with van der Waals surface area (Å²) in [6.07, 6.45) is 3.39. The fraction of sp³-hybridized carbons (Fsp3) is 0.312. The number of para-hydroxylation sites is 1. The number of benzene rings is 1. The molecular formula is C16H16N6O2. The van der Waals surface area contributed by atoms with Gasteiger partial charge in [-0.2, -0.15) is 4.98 Å². The summed E-state index contributed by atoms with van der Waals surface area (Å²) >= 11 is 0. The van der Waals surface area contributed by atoms with E-state index in [0.717, 1.165) is 41.7 Å². The van der Waals surface area contributed by atoms with Crippen LogP contribution in [-0.2, 0) is 0 Å². The molecule has 3 heterocycles. The number of hydrogen-bond donors (Lipinski definition) is 1. The third kappa shape index (κ3) is 2.27. The molecule has 24 heavy (non-hydrogen) atoms. The van der Waals surface area contributed by atoms with Crippen LogP contribution in [0.5, 0.6) is 0 Å². The van der Waals surface area contributed by atoms with Crippen molar-refractivity contribution in [1.82, 2.24) is 20.1 Å². The van der Waals surface area contributed by atoms with Crippen molar-refractivity contribution in [2.45, 2.75) is 25.8 Å². The topological polar surface area (TPSA) is 111 Å². The number of primary amides is 1. The molecule has 8 heteroatoms. The minimum Gasteiger partial charge on any atom is -0.363 e. The number of aromatic nitrogens is 4. The van der Waals surface area contributed by atoms with E-state index >= 15 is 0 Å². The molecule has 1 saturated heterocycles. The molecule has 1 aliphatic heterocycles. The van der Waals surface area contributed by atoms with Gasteiger partial charge in [0, 0.05) is 11.9 Å². The second kappa shape index (κ2) is 5.55. The van der Waals surface area contributed by atoms with Gasteiger partial charge in [-0.15, -0.1) is 0 Å². The normalized spacial score (nSPS) is 17.5. The lowest BCUT2D eigenvalue weighted by molar-refractivity contribution is 0.0987.